The number of nitrogens with zero attached hydrogens (tertiary/aromatic N) is 6. The lowest BCUT2D eigenvalue weighted by atomic mass is 9.60. The van der Waals surface area contributed by atoms with Crippen molar-refractivity contribution in [1.82, 2.24) is 29.6 Å². The van der Waals surface area contributed by atoms with Crippen LogP contribution in [0.3, 0.4) is 0 Å². The number of sulfonamides is 1. The van der Waals surface area contributed by atoms with Crippen molar-refractivity contribution < 1.29 is 28.0 Å². The van der Waals surface area contributed by atoms with Gasteiger partial charge in [-0.2, -0.15) is 4.98 Å². The molecule has 1 spiro atoms. The number of aromatic nitrogens is 4. The molecule has 6 heterocycles. The van der Waals surface area contributed by atoms with Gasteiger partial charge in [-0.05, 0) is 130 Å². The van der Waals surface area contributed by atoms with E-state index in [-0.39, 0.29) is 28.6 Å². The van der Waals surface area contributed by atoms with Gasteiger partial charge >= 0.3 is 5.69 Å². The molecule has 0 bridgehead atoms. The SMILES string of the molecule is CC(C)c1ccccc1[C@H]1CCCN1C1CC2(CCN(c3ccc(C(=O)NS(=O)(=O)c4cnc(NCC5CCC(C)(O)CC5)c([N+](=O)[O-])c4)c(Oc4cnc5[nH]ccc5c4)n3)CC2)C1. The number of pyridine rings is 3. The highest BCUT2D eigenvalue weighted by Gasteiger charge is 2.50. The van der Waals surface area contributed by atoms with Crippen molar-refractivity contribution in [3.05, 3.63) is 100.0 Å². The minimum absolute atomic E-state index is 0.0830. The zero-order valence-corrected chi connectivity index (χ0v) is 37.4. The van der Waals surface area contributed by atoms with Crippen molar-refractivity contribution in [2.24, 2.45) is 11.3 Å². The van der Waals surface area contributed by atoms with Crippen LogP contribution in [0.2, 0.25) is 0 Å². The standard InChI is InChI=1S/C47H57N9O7S/c1-30(2)36-7-4-5-8-37(36)39-9-6-20-55(39)33-25-47(26-33)17-21-54(22-18-47)41-11-10-38(45(52-41)63-34-23-32-14-19-48-42(32)50-28-34)44(57)53-64(61,62)35-24-40(56(59)60)43(51-29-35)49-27-31-12-15-46(3,58)16-13-31/h4-5,7-8,10-11,14,19,23-24,28-31,33,39,58H,6,9,12-13,15-18,20-22,25-27H2,1-3H3,(H,48,50)(H,49,51)(H,53,57)/t31?,39-,46?/m1/s1. The Hall–Kier alpha value is -5.65. The highest BCUT2D eigenvalue weighted by atomic mass is 32.2. The maximum atomic E-state index is 13.9. The number of ether oxygens (including phenoxy) is 1. The predicted molar refractivity (Wildman–Crippen MR) is 243 cm³/mol. The normalized spacial score (nSPS) is 22.7. The molecule has 9 rings (SSSR count). The van der Waals surface area contributed by atoms with E-state index in [0.717, 1.165) is 63.0 Å². The Morgan fingerprint density at radius 3 is 2.53 bits per heavy atom. The van der Waals surface area contributed by atoms with Gasteiger partial charge in [0.2, 0.25) is 11.7 Å². The topological polar surface area (TPSA) is 209 Å². The third-order valence-electron chi connectivity index (χ3n) is 14.2. The van der Waals surface area contributed by atoms with Gasteiger partial charge in [0, 0.05) is 49.4 Å². The second-order valence-corrected chi connectivity index (χ2v) is 20.7. The van der Waals surface area contributed by atoms with Crippen LogP contribution in [0.5, 0.6) is 11.6 Å². The van der Waals surface area contributed by atoms with Crippen LogP contribution in [0, 0.1) is 21.4 Å². The Bertz CT molecular complexity index is 2640. The summed E-state index contributed by atoms with van der Waals surface area (Å²) in [5.41, 5.74) is 2.43. The molecule has 338 valence electrons. The Morgan fingerprint density at radius 1 is 1.02 bits per heavy atom. The average Bonchev–Trinajstić information content (AvgIpc) is 3.95. The summed E-state index contributed by atoms with van der Waals surface area (Å²) in [6, 6.07) is 17.6. The van der Waals surface area contributed by atoms with E-state index in [1.54, 1.807) is 25.3 Å². The number of fused-ring (bicyclic) bond motifs is 1. The molecule has 4 aliphatic rings. The fourth-order valence-electron chi connectivity index (χ4n) is 10.5. The monoisotopic (exact) mass is 891 g/mol. The molecule has 4 N–H and O–H groups in total. The number of carbonyl (C=O) groups excluding carboxylic acids is 1. The van der Waals surface area contributed by atoms with Crippen LogP contribution >= 0.6 is 0 Å². The zero-order chi connectivity index (χ0) is 44.8. The molecule has 0 radical (unpaired) electrons. The second-order valence-electron chi connectivity index (χ2n) is 19.0. The number of nitro groups is 1. The molecule has 2 saturated carbocycles. The predicted octanol–water partition coefficient (Wildman–Crippen LogP) is 8.23. The summed E-state index contributed by atoms with van der Waals surface area (Å²) in [5.74, 6) is 0.319. The Labute approximate surface area is 373 Å². The molecular weight excluding hydrogens is 835 g/mol. The molecule has 4 fully saturated rings. The molecule has 16 nitrogen and oxygen atoms in total. The van der Waals surface area contributed by atoms with E-state index in [4.69, 9.17) is 9.72 Å². The van der Waals surface area contributed by atoms with E-state index in [1.807, 2.05) is 6.07 Å². The van der Waals surface area contributed by atoms with E-state index in [2.05, 4.69) is 72.9 Å². The maximum Gasteiger partial charge on any atom is 0.312 e. The van der Waals surface area contributed by atoms with Gasteiger partial charge in [-0.1, -0.05) is 38.1 Å². The lowest BCUT2D eigenvalue weighted by molar-refractivity contribution is -0.384. The number of likely N-dealkylation sites (tertiary alicyclic amines) is 1. The third kappa shape index (κ3) is 9.02. The van der Waals surface area contributed by atoms with Gasteiger partial charge in [-0.3, -0.25) is 19.8 Å². The van der Waals surface area contributed by atoms with Crippen molar-refractivity contribution in [2.45, 2.75) is 113 Å². The number of rotatable bonds is 13. The quantitative estimate of drug-likeness (QED) is 0.0650. The van der Waals surface area contributed by atoms with Gasteiger partial charge in [0.05, 0.1) is 22.9 Å². The summed E-state index contributed by atoms with van der Waals surface area (Å²) < 4.78 is 35.6. The smallest absolute Gasteiger partial charge is 0.312 e. The van der Waals surface area contributed by atoms with Gasteiger partial charge in [-0.25, -0.2) is 23.1 Å². The fraction of sp³-hybridized carbons (Fsp3) is 0.489. The van der Waals surface area contributed by atoms with Crippen molar-refractivity contribution in [2.75, 3.05) is 36.4 Å². The Kier molecular flexibility index (Phi) is 11.8. The maximum absolute atomic E-state index is 13.9. The number of aliphatic hydroxyl groups is 1. The van der Waals surface area contributed by atoms with Crippen LogP contribution in [-0.2, 0) is 10.0 Å². The molecule has 1 amide bonds. The number of hydrogen-bond donors (Lipinski definition) is 4. The van der Waals surface area contributed by atoms with Crippen molar-refractivity contribution in [1.29, 1.82) is 0 Å². The van der Waals surface area contributed by atoms with Gasteiger partial charge in [0.15, 0.2) is 0 Å². The number of hydrogen-bond acceptors (Lipinski definition) is 13. The molecule has 1 aromatic carbocycles. The molecule has 4 aromatic heterocycles. The highest BCUT2D eigenvalue weighted by molar-refractivity contribution is 7.90. The lowest BCUT2D eigenvalue weighted by Gasteiger charge is -2.56. The second kappa shape index (κ2) is 17.4. The summed E-state index contributed by atoms with van der Waals surface area (Å²) >= 11 is 0. The Morgan fingerprint density at radius 2 is 1.78 bits per heavy atom. The minimum Gasteiger partial charge on any atom is -0.436 e. The first-order chi connectivity index (χ1) is 30.7. The molecule has 17 heteroatoms. The van der Waals surface area contributed by atoms with Crippen LogP contribution in [0.4, 0.5) is 17.3 Å². The van der Waals surface area contributed by atoms with E-state index < -0.39 is 37.0 Å². The third-order valence-corrected chi connectivity index (χ3v) is 15.5. The van der Waals surface area contributed by atoms with Gasteiger partial charge < -0.3 is 25.0 Å². The first kappa shape index (κ1) is 43.6. The van der Waals surface area contributed by atoms with E-state index >= 15 is 0 Å². The molecule has 2 aliphatic carbocycles. The first-order valence-corrected chi connectivity index (χ1v) is 24.0. The number of nitrogens with one attached hydrogen (secondary N) is 3. The van der Waals surface area contributed by atoms with E-state index in [0.29, 0.717) is 54.6 Å². The number of carbonyl (C=O) groups is 1. The Balaban J connectivity index is 0.895. The van der Waals surface area contributed by atoms with E-state index in [9.17, 15) is 28.4 Å². The minimum atomic E-state index is -4.65. The summed E-state index contributed by atoms with van der Waals surface area (Å²) in [4.78, 5) is 46.1. The molecule has 0 unspecified atom stereocenters. The summed E-state index contributed by atoms with van der Waals surface area (Å²) in [6.07, 6.45) is 13.7. The average molecular weight is 892 g/mol. The largest absolute Gasteiger partial charge is 0.436 e. The van der Waals surface area contributed by atoms with Crippen LogP contribution in [0.15, 0.2) is 78.1 Å². The highest BCUT2D eigenvalue weighted by Crippen LogP contribution is 2.54. The number of amides is 1. The molecule has 2 aliphatic heterocycles. The van der Waals surface area contributed by atoms with Crippen molar-refractivity contribution >= 4 is 44.3 Å². The molecule has 2 saturated heterocycles. The van der Waals surface area contributed by atoms with Crippen molar-refractivity contribution in [3.63, 3.8) is 0 Å². The van der Waals surface area contributed by atoms with Crippen LogP contribution in [-0.4, -0.2) is 87.0 Å². The van der Waals surface area contributed by atoms with Crippen LogP contribution in [0.25, 0.3) is 11.0 Å². The zero-order valence-electron chi connectivity index (χ0n) is 36.6. The summed E-state index contributed by atoms with van der Waals surface area (Å²) in [7, 11) is -4.65. The number of benzene rings is 1. The van der Waals surface area contributed by atoms with Gasteiger partial charge in [0.25, 0.3) is 15.9 Å². The van der Waals surface area contributed by atoms with Crippen molar-refractivity contribution in [3.8, 4) is 11.6 Å². The molecule has 5 aromatic rings. The van der Waals surface area contributed by atoms with Crippen LogP contribution in [0.1, 0.15) is 118 Å². The molecule has 64 heavy (non-hydrogen) atoms. The fourth-order valence-corrected chi connectivity index (χ4v) is 11.4. The summed E-state index contributed by atoms with van der Waals surface area (Å²) in [5, 5.41) is 26.2. The number of piperidine rings is 1. The van der Waals surface area contributed by atoms with Gasteiger partial charge in [-0.15, -0.1) is 0 Å². The number of H-pyrrole nitrogens is 1. The number of anilines is 2. The molecular formula is C47H57N9O7S. The lowest BCUT2D eigenvalue weighted by Crippen LogP contribution is -2.55. The summed E-state index contributed by atoms with van der Waals surface area (Å²) in [6.45, 7) is 9.41. The first-order valence-electron chi connectivity index (χ1n) is 22.6. The van der Waals surface area contributed by atoms with E-state index in [1.165, 1.54) is 49.1 Å². The number of aromatic amines is 1. The van der Waals surface area contributed by atoms with Gasteiger partial charge in [0.1, 0.15) is 27.7 Å². The molecule has 1 atom stereocenters. The van der Waals surface area contributed by atoms with Crippen LogP contribution < -0.4 is 19.7 Å².